The van der Waals surface area contributed by atoms with Gasteiger partial charge in [-0.25, -0.2) is 4.98 Å². The van der Waals surface area contributed by atoms with Crippen LogP contribution in [-0.4, -0.2) is 45.5 Å². The number of furan rings is 1. The van der Waals surface area contributed by atoms with Crippen LogP contribution in [0, 0.1) is 0 Å². The first kappa shape index (κ1) is 21.4. The van der Waals surface area contributed by atoms with E-state index in [4.69, 9.17) is 14.9 Å². The number of thiol groups is 1. The Morgan fingerprint density at radius 3 is 2.74 bits per heavy atom. The number of benzene rings is 1. The van der Waals surface area contributed by atoms with Gasteiger partial charge in [0.15, 0.2) is 0 Å². The summed E-state index contributed by atoms with van der Waals surface area (Å²) in [6.45, 7) is 2.96. The summed E-state index contributed by atoms with van der Waals surface area (Å²) in [6, 6.07) is 12.0. The Balaban J connectivity index is 0.00000112. The highest BCUT2D eigenvalue weighted by Gasteiger charge is 2.18. The van der Waals surface area contributed by atoms with Crippen LogP contribution in [0.15, 0.2) is 59.5 Å². The number of aromatic amines is 1. The summed E-state index contributed by atoms with van der Waals surface area (Å²) in [5.74, 6) is 1.23. The second kappa shape index (κ2) is 10.00. The second-order valence-corrected chi connectivity index (χ2v) is 7.49. The second-order valence-electron chi connectivity index (χ2n) is 7.49. The average molecular weight is 438 g/mol. The molecule has 4 aromatic rings. The van der Waals surface area contributed by atoms with E-state index < -0.39 is 0 Å². The first-order chi connectivity index (χ1) is 15.2. The highest BCUT2D eigenvalue weighted by atomic mass is 32.1. The molecule has 7 nitrogen and oxygen atoms in total. The molecule has 1 aromatic carbocycles. The third-order valence-electron chi connectivity index (χ3n) is 5.42. The monoisotopic (exact) mass is 437 g/mol. The Morgan fingerprint density at radius 1 is 1.19 bits per heavy atom. The zero-order valence-corrected chi connectivity index (χ0v) is 18.4. The van der Waals surface area contributed by atoms with Crippen molar-refractivity contribution in [3.8, 4) is 22.9 Å². The minimum absolute atomic E-state index is 0.342. The Morgan fingerprint density at radius 2 is 2.03 bits per heavy atom. The first-order valence-electron chi connectivity index (χ1n) is 10.3. The van der Waals surface area contributed by atoms with E-state index in [2.05, 4.69) is 38.8 Å². The molecule has 31 heavy (non-hydrogen) atoms. The fourth-order valence-electron chi connectivity index (χ4n) is 3.74. The van der Waals surface area contributed by atoms with Gasteiger partial charge in [-0.15, -0.1) is 0 Å². The van der Waals surface area contributed by atoms with Crippen LogP contribution in [0.1, 0.15) is 18.4 Å². The van der Waals surface area contributed by atoms with Crippen LogP contribution in [0.3, 0.4) is 0 Å². The Kier molecular flexibility index (Phi) is 6.91. The summed E-state index contributed by atoms with van der Waals surface area (Å²) in [7, 11) is 0. The number of pyridine rings is 1. The van der Waals surface area contributed by atoms with E-state index in [0.717, 1.165) is 54.7 Å². The van der Waals surface area contributed by atoms with Gasteiger partial charge in [-0.05, 0) is 56.5 Å². The molecule has 1 aliphatic rings. The number of ether oxygens (including phenoxy) is 1. The molecule has 0 aliphatic carbocycles. The largest absolute Gasteiger partial charge is 0.464 e. The number of nitrogens with zero attached hydrogens (tertiary/aromatic N) is 3. The van der Waals surface area contributed by atoms with Crippen LogP contribution >= 0.6 is 12.6 Å². The number of H-pyrrole nitrogens is 1. The van der Waals surface area contributed by atoms with Crippen molar-refractivity contribution >= 4 is 23.6 Å². The highest BCUT2D eigenvalue weighted by Crippen LogP contribution is 2.29. The van der Waals surface area contributed by atoms with Crippen LogP contribution in [0.5, 0.6) is 11.6 Å². The molecule has 1 fully saturated rings. The predicted octanol–water partition coefficient (Wildman–Crippen LogP) is 4.48. The minimum Gasteiger partial charge on any atom is -0.464 e. The standard InChI is InChI=1S/C22H23N5O2.CH4S/c23-17-6-9-27(10-7-17)13-16-14-28-21-11-18(2-3-19(16)21)29-22-4-1-15(12-24-22)20-5-8-25-26-20;1-2/h1-5,8,11-12,14,17H,6-7,9-10,13,23H2,(H,25,26);2H,1H3. The van der Waals surface area contributed by atoms with E-state index in [1.807, 2.05) is 36.6 Å². The van der Waals surface area contributed by atoms with Crippen molar-refractivity contribution in [1.82, 2.24) is 20.1 Å². The highest BCUT2D eigenvalue weighted by molar-refractivity contribution is 7.79. The van der Waals surface area contributed by atoms with E-state index in [1.54, 1.807) is 18.6 Å². The van der Waals surface area contributed by atoms with Gasteiger partial charge in [-0.3, -0.25) is 10.00 Å². The third-order valence-corrected chi connectivity index (χ3v) is 5.42. The number of hydrogen-bond acceptors (Lipinski definition) is 7. The Labute approximate surface area is 187 Å². The molecule has 0 saturated carbocycles. The van der Waals surface area contributed by atoms with Crippen molar-refractivity contribution in [2.75, 3.05) is 19.3 Å². The zero-order valence-electron chi connectivity index (χ0n) is 17.5. The quantitative estimate of drug-likeness (QED) is 0.399. The SMILES string of the molecule is CS.NC1CCN(Cc2coc3cc(Oc4ccc(-c5ccn[nH]5)cn4)ccc23)CC1. The first-order valence-corrected chi connectivity index (χ1v) is 11.2. The van der Waals surface area contributed by atoms with Crippen molar-refractivity contribution in [2.24, 2.45) is 5.73 Å². The number of aromatic nitrogens is 3. The third kappa shape index (κ3) is 5.10. The molecule has 1 aliphatic heterocycles. The molecule has 1 saturated heterocycles. The predicted molar refractivity (Wildman–Crippen MR) is 126 cm³/mol. The molecule has 0 amide bonds. The van der Waals surface area contributed by atoms with Crippen molar-refractivity contribution in [1.29, 1.82) is 0 Å². The van der Waals surface area contributed by atoms with Gasteiger partial charge >= 0.3 is 0 Å². The maximum Gasteiger partial charge on any atom is 0.219 e. The van der Waals surface area contributed by atoms with E-state index in [9.17, 15) is 0 Å². The molecule has 0 unspecified atom stereocenters. The lowest BCUT2D eigenvalue weighted by Gasteiger charge is -2.29. The summed E-state index contributed by atoms with van der Waals surface area (Å²) in [6.07, 6.45) is 9.13. The lowest BCUT2D eigenvalue weighted by Crippen LogP contribution is -2.39. The van der Waals surface area contributed by atoms with Crippen LogP contribution in [-0.2, 0) is 6.54 Å². The average Bonchev–Trinajstić information content (AvgIpc) is 3.48. The van der Waals surface area contributed by atoms with Crippen LogP contribution < -0.4 is 10.5 Å². The van der Waals surface area contributed by atoms with Gasteiger partial charge in [0.1, 0.15) is 11.3 Å². The number of nitrogens with one attached hydrogen (secondary N) is 1. The maximum absolute atomic E-state index is 6.01. The smallest absolute Gasteiger partial charge is 0.219 e. The van der Waals surface area contributed by atoms with Gasteiger partial charge in [0, 0.05) is 53.6 Å². The Bertz CT molecular complexity index is 1090. The van der Waals surface area contributed by atoms with Gasteiger partial charge in [-0.2, -0.15) is 17.7 Å². The molecule has 3 aromatic heterocycles. The minimum atomic E-state index is 0.342. The summed E-state index contributed by atoms with van der Waals surface area (Å²) in [5.41, 5.74) is 9.90. The van der Waals surface area contributed by atoms with Gasteiger partial charge in [0.2, 0.25) is 5.88 Å². The fourth-order valence-corrected chi connectivity index (χ4v) is 3.74. The van der Waals surface area contributed by atoms with Gasteiger partial charge in [0.25, 0.3) is 0 Å². The molecular weight excluding hydrogens is 410 g/mol. The lowest BCUT2D eigenvalue weighted by molar-refractivity contribution is 0.206. The normalized spacial score (nSPS) is 14.9. The number of nitrogens with two attached hydrogens (primary N) is 1. The van der Waals surface area contributed by atoms with Crippen molar-refractivity contribution in [3.63, 3.8) is 0 Å². The Hall–Kier alpha value is -2.81. The van der Waals surface area contributed by atoms with E-state index in [1.165, 1.54) is 5.56 Å². The molecule has 0 atom stereocenters. The molecule has 5 rings (SSSR count). The number of likely N-dealkylation sites (tertiary alicyclic amines) is 1. The van der Waals surface area contributed by atoms with Gasteiger partial charge in [0.05, 0.1) is 12.0 Å². The molecule has 8 heteroatoms. The number of fused-ring (bicyclic) bond motifs is 1. The van der Waals surface area contributed by atoms with Crippen molar-refractivity contribution in [3.05, 3.63) is 60.6 Å². The molecular formula is C23H27N5O2S. The summed E-state index contributed by atoms with van der Waals surface area (Å²) >= 11 is 3.53. The van der Waals surface area contributed by atoms with Crippen LogP contribution in [0.4, 0.5) is 0 Å². The lowest BCUT2D eigenvalue weighted by atomic mass is 10.1. The number of hydrogen-bond donors (Lipinski definition) is 3. The van der Waals surface area contributed by atoms with Gasteiger partial charge in [-0.1, -0.05) is 0 Å². The van der Waals surface area contributed by atoms with E-state index in [0.29, 0.717) is 17.7 Å². The maximum atomic E-state index is 6.01. The van der Waals surface area contributed by atoms with Crippen molar-refractivity contribution in [2.45, 2.75) is 25.4 Å². The molecule has 0 spiro atoms. The molecule has 3 N–H and O–H groups in total. The molecule has 162 valence electrons. The van der Waals surface area contributed by atoms with Gasteiger partial charge < -0.3 is 14.9 Å². The fraction of sp³-hybridized carbons (Fsp3) is 0.304. The molecule has 4 heterocycles. The van der Waals surface area contributed by atoms with Crippen LogP contribution in [0.25, 0.3) is 22.2 Å². The van der Waals surface area contributed by atoms with E-state index >= 15 is 0 Å². The summed E-state index contributed by atoms with van der Waals surface area (Å²) < 4.78 is 11.7. The molecule has 0 radical (unpaired) electrons. The summed E-state index contributed by atoms with van der Waals surface area (Å²) in [5, 5.41) is 8.00. The summed E-state index contributed by atoms with van der Waals surface area (Å²) in [4.78, 5) is 6.81. The van der Waals surface area contributed by atoms with Crippen molar-refractivity contribution < 1.29 is 9.15 Å². The zero-order chi connectivity index (χ0) is 21.6. The topological polar surface area (TPSA) is 93.2 Å². The number of piperidine rings is 1. The molecule has 0 bridgehead atoms. The number of rotatable bonds is 5. The van der Waals surface area contributed by atoms with E-state index in [-0.39, 0.29) is 0 Å². The van der Waals surface area contributed by atoms with Crippen LogP contribution in [0.2, 0.25) is 0 Å².